The van der Waals surface area contributed by atoms with Crippen molar-refractivity contribution in [2.24, 2.45) is 0 Å². The smallest absolute Gasteiger partial charge is 0.347 e. The predicted molar refractivity (Wildman–Crippen MR) is 92.0 cm³/mol. The van der Waals surface area contributed by atoms with Gasteiger partial charge in [0.1, 0.15) is 0 Å². The fourth-order valence-corrected chi connectivity index (χ4v) is 1.53. The lowest BCUT2D eigenvalue weighted by atomic mass is 10.3. The van der Waals surface area contributed by atoms with Gasteiger partial charge in [-0.25, -0.2) is 19.2 Å². The summed E-state index contributed by atoms with van der Waals surface area (Å²) < 4.78 is 19.4. The molecule has 0 amide bonds. The van der Waals surface area contributed by atoms with Crippen LogP contribution in [0.5, 0.6) is 0 Å². The van der Waals surface area contributed by atoms with Crippen molar-refractivity contribution in [1.82, 2.24) is 0 Å². The van der Waals surface area contributed by atoms with Crippen molar-refractivity contribution < 1.29 is 38.1 Å². The van der Waals surface area contributed by atoms with Crippen LogP contribution in [-0.2, 0) is 38.1 Å². The maximum Gasteiger partial charge on any atom is 0.347 e. The molecule has 2 atom stereocenters. The van der Waals surface area contributed by atoms with Crippen LogP contribution in [0, 0.1) is 0 Å². The maximum atomic E-state index is 11.6. The number of hydrogen-bond acceptors (Lipinski definition) is 8. The highest BCUT2D eigenvalue weighted by molar-refractivity contribution is 5.93. The fraction of sp³-hybridized carbons (Fsp3) is 0.667. The molecular weight excluding hydrogens is 344 g/mol. The molecule has 0 heterocycles. The van der Waals surface area contributed by atoms with Crippen molar-refractivity contribution in [1.29, 1.82) is 0 Å². The van der Waals surface area contributed by atoms with Gasteiger partial charge >= 0.3 is 23.9 Å². The largest absolute Gasteiger partial charge is 0.463 e. The fourth-order valence-electron chi connectivity index (χ4n) is 1.53. The van der Waals surface area contributed by atoms with Crippen molar-refractivity contribution in [3.63, 3.8) is 0 Å². The van der Waals surface area contributed by atoms with E-state index in [2.05, 4.69) is 0 Å². The second-order valence-electron chi connectivity index (χ2n) is 5.53. The first-order valence-corrected chi connectivity index (χ1v) is 8.74. The molecule has 0 fully saturated rings. The zero-order valence-corrected chi connectivity index (χ0v) is 15.8. The van der Waals surface area contributed by atoms with Crippen molar-refractivity contribution in [2.75, 3.05) is 13.2 Å². The third kappa shape index (κ3) is 11.2. The van der Waals surface area contributed by atoms with E-state index in [-0.39, 0.29) is 13.2 Å². The molecule has 0 saturated carbocycles. The third-order valence-corrected chi connectivity index (χ3v) is 3.09. The topological polar surface area (TPSA) is 105 Å². The molecule has 0 saturated heterocycles. The number of rotatable bonds is 12. The second kappa shape index (κ2) is 13.9. The molecule has 148 valence electrons. The van der Waals surface area contributed by atoms with E-state index in [4.69, 9.17) is 18.9 Å². The molecule has 0 aromatic heterocycles. The summed E-state index contributed by atoms with van der Waals surface area (Å²) in [5.41, 5.74) is 0. The van der Waals surface area contributed by atoms with Crippen molar-refractivity contribution in [3.05, 3.63) is 12.2 Å². The molecule has 0 aliphatic carbocycles. The van der Waals surface area contributed by atoms with Gasteiger partial charge in [0, 0.05) is 12.2 Å². The number of carbonyl (C=O) groups is 4. The summed E-state index contributed by atoms with van der Waals surface area (Å²) in [5.74, 6) is -3.13. The summed E-state index contributed by atoms with van der Waals surface area (Å²) in [6.45, 7) is 7.15. The second-order valence-corrected chi connectivity index (χ2v) is 5.53. The molecule has 0 spiro atoms. The molecule has 0 rings (SSSR count). The molecule has 0 aliphatic rings. The normalized spacial score (nSPS) is 12.9. The van der Waals surface area contributed by atoms with Crippen LogP contribution in [0.2, 0.25) is 0 Å². The Balaban J connectivity index is 4.23. The Bertz CT molecular complexity index is 453. The van der Waals surface area contributed by atoms with Gasteiger partial charge in [-0.05, 0) is 26.7 Å². The SMILES string of the molecule is CCCCOC(=O)C(C)OC(=O)/C=C/C(=O)OC(C)C(=O)OCCCC. The van der Waals surface area contributed by atoms with Crippen molar-refractivity contribution in [2.45, 2.75) is 65.6 Å². The molecule has 0 aromatic rings. The first kappa shape index (κ1) is 23.6. The number of ether oxygens (including phenoxy) is 4. The van der Waals surface area contributed by atoms with E-state index >= 15 is 0 Å². The molecule has 0 bridgehead atoms. The number of unbranched alkanes of at least 4 members (excludes halogenated alkanes) is 2. The van der Waals surface area contributed by atoms with Gasteiger partial charge in [-0.3, -0.25) is 0 Å². The van der Waals surface area contributed by atoms with Crippen molar-refractivity contribution >= 4 is 23.9 Å². The van der Waals surface area contributed by atoms with Crippen LogP contribution in [0.25, 0.3) is 0 Å². The van der Waals surface area contributed by atoms with Crippen LogP contribution < -0.4 is 0 Å². The van der Waals surface area contributed by atoms with Crippen LogP contribution >= 0.6 is 0 Å². The Morgan fingerprint density at radius 1 is 0.731 bits per heavy atom. The first-order valence-electron chi connectivity index (χ1n) is 8.74. The predicted octanol–water partition coefficient (Wildman–Crippen LogP) is 2.09. The Kier molecular flexibility index (Phi) is 12.6. The number of esters is 4. The van der Waals surface area contributed by atoms with E-state index in [0.717, 1.165) is 37.8 Å². The summed E-state index contributed by atoms with van der Waals surface area (Å²) in [6.07, 6.45) is 2.63. The molecular formula is C18H28O8. The van der Waals surface area contributed by atoms with Crippen LogP contribution in [-0.4, -0.2) is 49.3 Å². The summed E-state index contributed by atoms with van der Waals surface area (Å²) in [6, 6.07) is 0. The molecule has 0 N–H and O–H groups in total. The lowest BCUT2D eigenvalue weighted by molar-refractivity contribution is -0.164. The van der Waals surface area contributed by atoms with Gasteiger partial charge in [0.05, 0.1) is 13.2 Å². The Morgan fingerprint density at radius 3 is 1.38 bits per heavy atom. The highest BCUT2D eigenvalue weighted by Crippen LogP contribution is 2.01. The maximum absolute atomic E-state index is 11.6. The van der Waals surface area contributed by atoms with Gasteiger partial charge in [0.25, 0.3) is 0 Å². The minimum atomic E-state index is -1.09. The van der Waals surface area contributed by atoms with Gasteiger partial charge in [0.2, 0.25) is 0 Å². The summed E-state index contributed by atoms with van der Waals surface area (Å²) >= 11 is 0. The average molecular weight is 372 g/mol. The van der Waals surface area contributed by atoms with E-state index in [1.807, 2.05) is 13.8 Å². The Morgan fingerprint density at radius 2 is 1.08 bits per heavy atom. The van der Waals surface area contributed by atoms with Crippen LogP contribution in [0.3, 0.4) is 0 Å². The molecule has 26 heavy (non-hydrogen) atoms. The van der Waals surface area contributed by atoms with Gasteiger partial charge in [-0.1, -0.05) is 26.7 Å². The molecule has 0 aliphatic heterocycles. The minimum absolute atomic E-state index is 0.256. The van der Waals surface area contributed by atoms with E-state index in [9.17, 15) is 19.2 Å². The number of carbonyl (C=O) groups excluding carboxylic acids is 4. The van der Waals surface area contributed by atoms with E-state index < -0.39 is 36.1 Å². The molecule has 8 nitrogen and oxygen atoms in total. The van der Waals surface area contributed by atoms with E-state index in [0.29, 0.717) is 0 Å². The highest BCUT2D eigenvalue weighted by atomic mass is 16.6. The Hall–Kier alpha value is -2.38. The van der Waals surface area contributed by atoms with Crippen LogP contribution in [0.4, 0.5) is 0 Å². The molecule has 8 heteroatoms. The first-order chi connectivity index (χ1) is 12.3. The molecule has 2 unspecified atom stereocenters. The zero-order chi connectivity index (χ0) is 19.9. The van der Waals surface area contributed by atoms with Crippen LogP contribution in [0.1, 0.15) is 53.4 Å². The summed E-state index contributed by atoms with van der Waals surface area (Å²) in [7, 11) is 0. The monoisotopic (exact) mass is 372 g/mol. The number of hydrogen-bond donors (Lipinski definition) is 0. The molecule has 0 radical (unpaired) electrons. The van der Waals surface area contributed by atoms with Gasteiger partial charge in [-0.2, -0.15) is 0 Å². The lowest BCUT2D eigenvalue weighted by Gasteiger charge is -2.12. The average Bonchev–Trinajstić information content (AvgIpc) is 2.60. The standard InChI is InChI=1S/C18H28O8/c1-5-7-11-23-17(21)13(3)25-15(19)9-10-16(20)26-14(4)18(22)24-12-8-6-2/h9-10,13-14H,5-8,11-12H2,1-4H3/b10-9+. The highest BCUT2D eigenvalue weighted by Gasteiger charge is 2.20. The molecule has 0 aromatic carbocycles. The lowest BCUT2D eigenvalue weighted by Crippen LogP contribution is -2.27. The van der Waals surface area contributed by atoms with E-state index in [1.54, 1.807) is 0 Å². The van der Waals surface area contributed by atoms with Crippen LogP contribution in [0.15, 0.2) is 12.2 Å². The van der Waals surface area contributed by atoms with Crippen molar-refractivity contribution in [3.8, 4) is 0 Å². The minimum Gasteiger partial charge on any atom is -0.463 e. The quantitative estimate of drug-likeness (QED) is 0.222. The Labute approximate surface area is 153 Å². The van der Waals surface area contributed by atoms with Gasteiger partial charge < -0.3 is 18.9 Å². The van der Waals surface area contributed by atoms with E-state index in [1.165, 1.54) is 13.8 Å². The summed E-state index contributed by atoms with van der Waals surface area (Å²) in [4.78, 5) is 46.2. The zero-order valence-electron chi connectivity index (χ0n) is 15.8. The van der Waals surface area contributed by atoms with Gasteiger partial charge in [0.15, 0.2) is 12.2 Å². The van der Waals surface area contributed by atoms with Gasteiger partial charge in [-0.15, -0.1) is 0 Å². The third-order valence-electron chi connectivity index (χ3n) is 3.09. The summed E-state index contributed by atoms with van der Waals surface area (Å²) in [5, 5.41) is 0.